The molecule has 0 N–H and O–H groups in total. The van der Waals surface area contributed by atoms with Gasteiger partial charge >= 0.3 is 0 Å². The van der Waals surface area contributed by atoms with Gasteiger partial charge in [-0.05, 0) is 26.3 Å². The second-order valence-corrected chi connectivity index (χ2v) is 5.49. The first-order valence-electron chi connectivity index (χ1n) is 6.08. The minimum atomic E-state index is -0.446. The second-order valence-electron chi connectivity index (χ2n) is 5.49. The van der Waals surface area contributed by atoms with Gasteiger partial charge < -0.3 is 4.90 Å². The van der Waals surface area contributed by atoms with Crippen molar-refractivity contribution in [3.63, 3.8) is 0 Å². The highest BCUT2D eigenvalue weighted by molar-refractivity contribution is 5.74. The topological polar surface area (TPSA) is 38.8 Å². The molecule has 1 aromatic carbocycles. The van der Waals surface area contributed by atoms with E-state index in [1.165, 1.54) is 0 Å². The van der Waals surface area contributed by atoms with Gasteiger partial charge in [-0.2, -0.15) is 0 Å². The highest BCUT2D eigenvalue weighted by Crippen LogP contribution is 2.35. The predicted octanol–water partition coefficient (Wildman–Crippen LogP) is 2.79. The molecule has 1 heterocycles. The minimum Gasteiger partial charge on any atom is -0.306 e. The Morgan fingerprint density at radius 1 is 1.33 bits per heavy atom. The van der Waals surface area contributed by atoms with Crippen LogP contribution in [0.5, 0.6) is 0 Å². The summed E-state index contributed by atoms with van der Waals surface area (Å²) >= 11 is 0. The summed E-state index contributed by atoms with van der Waals surface area (Å²) in [6.07, 6.45) is -0.446. The van der Waals surface area contributed by atoms with Crippen LogP contribution in [0.2, 0.25) is 0 Å². The molecule has 0 radical (unpaired) electrons. The number of carbonyl (C=O) groups excluding carboxylic acids is 1. The number of hydrogen-bond donors (Lipinski definition) is 0. The van der Waals surface area contributed by atoms with Crippen LogP contribution in [0.3, 0.4) is 0 Å². The molecule has 0 fully saturated rings. The van der Waals surface area contributed by atoms with Crippen molar-refractivity contribution >= 4 is 5.91 Å². The zero-order chi connectivity index (χ0) is 13.3. The van der Waals surface area contributed by atoms with E-state index in [0.717, 1.165) is 11.1 Å². The number of hydrogen-bond acceptors (Lipinski definition) is 3. The van der Waals surface area contributed by atoms with Gasteiger partial charge in [0, 0.05) is 19.0 Å². The SMILES string of the molecule is CC(=O)N1Cc2ccccc2C1OOC(C)(C)C. The molecule has 1 aliphatic heterocycles. The highest BCUT2D eigenvalue weighted by atomic mass is 17.2. The molecule has 0 saturated carbocycles. The Morgan fingerprint density at radius 3 is 2.61 bits per heavy atom. The van der Waals surface area contributed by atoms with Crippen LogP contribution in [0.25, 0.3) is 0 Å². The maximum absolute atomic E-state index is 11.6. The molecule has 1 atom stereocenters. The van der Waals surface area contributed by atoms with Crippen molar-refractivity contribution < 1.29 is 14.6 Å². The van der Waals surface area contributed by atoms with Crippen LogP contribution in [-0.2, 0) is 21.1 Å². The van der Waals surface area contributed by atoms with Crippen LogP contribution in [0.1, 0.15) is 45.0 Å². The lowest BCUT2D eigenvalue weighted by Crippen LogP contribution is -2.31. The average Bonchev–Trinajstić information content (AvgIpc) is 2.64. The first-order chi connectivity index (χ1) is 8.38. The van der Waals surface area contributed by atoms with E-state index in [-0.39, 0.29) is 5.91 Å². The van der Waals surface area contributed by atoms with E-state index in [9.17, 15) is 4.79 Å². The molecular weight excluding hydrogens is 230 g/mol. The van der Waals surface area contributed by atoms with Crippen molar-refractivity contribution in [3.8, 4) is 0 Å². The first kappa shape index (κ1) is 13.1. The van der Waals surface area contributed by atoms with Crippen molar-refractivity contribution in [2.45, 2.75) is 46.1 Å². The van der Waals surface area contributed by atoms with Crippen LogP contribution in [-0.4, -0.2) is 16.4 Å². The molecule has 1 aliphatic rings. The Bertz CT molecular complexity index is 451. The zero-order valence-electron chi connectivity index (χ0n) is 11.3. The highest BCUT2D eigenvalue weighted by Gasteiger charge is 2.34. The van der Waals surface area contributed by atoms with Gasteiger partial charge in [-0.25, -0.2) is 9.78 Å². The summed E-state index contributed by atoms with van der Waals surface area (Å²) in [5.74, 6) is -0.0197. The average molecular weight is 249 g/mol. The van der Waals surface area contributed by atoms with E-state index in [0.29, 0.717) is 6.54 Å². The quantitative estimate of drug-likeness (QED) is 0.597. The molecule has 18 heavy (non-hydrogen) atoms. The Morgan fingerprint density at radius 2 is 2.00 bits per heavy atom. The number of amides is 1. The zero-order valence-corrected chi connectivity index (χ0v) is 11.3. The van der Waals surface area contributed by atoms with Crippen LogP contribution < -0.4 is 0 Å². The van der Waals surface area contributed by atoms with E-state index in [4.69, 9.17) is 9.78 Å². The van der Waals surface area contributed by atoms with Crippen LogP contribution >= 0.6 is 0 Å². The second kappa shape index (κ2) is 4.71. The van der Waals surface area contributed by atoms with Crippen LogP contribution in [0.15, 0.2) is 24.3 Å². The maximum Gasteiger partial charge on any atom is 0.222 e. The van der Waals surface area contributed by atoms with E-state index < -0.39 is 11.8 Å². The molecule has 0 aliphatic carbocycles. The van der Waals surface area contributed by atoms with Crippen molar-refractivity contribution in [3.05, 3.63) is 35.4 Å². The van der Waals surface area contributed by atoms with Gasteiger partial charge in [0.1, 0.15) is 0 Å². The third-order valence-electron chi connectivity index (χ3n) is 2.74. The fourth-order valence-electron chi connectivity index (χ4n) is 1.92. The first-order valence-corrected chi connectivity index (χ1v) is 6.08. The van der Waals surface area contributed by atoms with Gasteiger partial charge in [-0.15, -0.1) is 0 Å². The monoisotopic (exact) mass is 249 g/mol. The summed E-state index contributed by atoms with van der Waals surface area (Å²) in [4.78, 5) is 24.1. The third kappa shape index (κ3) is 2.71. The number of nitrogens with zero attached hydrogens (tertiary/aromatic N) is 1. The molecule has 2 rings (SSSR count). The van der Waals surface area contributed by atoms with Gasteiger partial charge in [-0.3, -0.25) is 4.79 Å². The van der Waals surface area contributed by atoms with Gasteiger partial charge in [-0.1, -0.05) is 24.3 Å². The molecule has 4 heteroatoms. The number of benzene rings is 1. The Balaban J connectivity index is 2.21. The molecule has 1 amide bonds. The van der Waals surface area contributed by atoms with Gasteiger partial charge in [0.25, 0.3) is 0 Å². The van der Waals surface area contributed by atoms with Gasteiger partial charge in [0.15, 0.2) is 6.23 Å². The van der Waals surface area contributed by atoms with Crippen LogP contribution in [0.4, 0.5) is 0 Å². The Hall–Kier alpha value is -1.39. The molecule has 4 nitrogen and oxygen atoms in total. The fourth-order valence-corrected chi connectivity index (χ4v) is 1.92. The molecule has 0 spiro atoms. The largest absolute Gasteiger partial charge is 0.306 e. The summed E-state index contributed by atoms with van der Waals surface area (Å²) in [5, 5.41) is 0. The summed E-state index contributed by atoms with van der Waals surface area (Å²) in [6.45, 7) is 7.84. The number of carbonyl (C=O) groups is 1. The normalized spacial score (nSPS) is 18.9. The molecule has 1 aromatic rings. The van der Waals surface area contributed by atoms with Crippen LogP contribution in [0, 0.1) is 0 Å². The Kier molecular flexibility index (Phi) is 3.41. The maximum atomic E-state index is 11.6. The summed E-state index contributed by atoms with van der Waals surface area (Å²) < 4.78 is 0. The summed E-state index contributed by atoms with van der Waals surface area (Å²) in [7, 11) is 0. The molecule has 0 aromatic heterocycles. The summed E-state index contributed by atoms with van der Waals surface area (Å²) in [5.41, 5.74) is 1.70. The lowest BCUT2D eigenvalue weighted by molar-refractivity contribution is -0.393. The smallest absolute Gasteiger partial charge is 0.222 e. The molecular formula is C14H19NO3. The molecule has 0 bridgehead atoms. The standard InChI is InChI=1S/C14H19NO3/c1-10(16)15-9-11-7-5-6-8-12(11)13(15)17-18-14(2,3)4/h5-8,13H,9H2,1-4H3. The fraction of sp³-hybridized carbons (Fsp3) is 0.500. The lowest BCUT2D eigenvalue weighted by Gasteiger charge is -2.26. The summed E-state index contributed by atoms with van der Waals surface area (Å²) in [6, 6.07) is 7.88. The molecule has 0 saturated heterocycles. The number of rotatable bonds is 2. The predicted molar refractivity (Wildman–Crippen MR) is 67.3 cm³/mol. The van der Waals surface area contributed by atoms with E-state index >= 15 is 0 Å². The molecule has 1 unspecified atom stereocenters. The van der Waals surface area contributed by atoms with Crippen molar-refractivity contribution in [2.75, 3.05) is 0 Å². The van der Waals surface area contributed by atoms with E-state index in [2.05, 4.69) is 0 Å². The lowest BCUT2D eigenvalue weighted by atomic mass is 10.1. The van der Waals surface area contributed by atoms with Crippen molar-refractivity contribution in [1.29, 1.82) is 0 Å². The minimum absolute atomic E-state index is 0.0197. The van der Waals surface area contributed by atoms with Crippen molar-refractivity contribution in [2.24, 2.45) is 0 Å². The third-order valence-corrected chi connectivity index (χ3v) is 2.74. The Labute approximate surface area is 107 Å². The van der Waals surface area contributed by atoms with Crippen molar-refractivity contribution in [1.82, 2.24) is 4.90 Å². The van der Waals surface area contributed by atoms with Gasteiger partial charge in [0.05, 0.1) is 5.60 Å². The van der Waals surface area contributed by atoms with Gasteiger partial charge in [0.2, 0.25) is 5.91 Å². The van der Waals surface area contributed by atoms with E-state index in [1.54, 1.807) is 11.8 Å². The number of fused-ring (bicyclic) bond motifs is 1. The molecule has 98 valence electrons. The van der Waals surface area contributed by atoms with E-state index in [1.807, 2.05) is 45.0 Å².